The highest BCUT2D eigenvalue weighted by molar-refractivity contribution is 7.99. The van der Waals surface area contributed by atoms with Crippen molar-refractivity contribution in [2.75, 3.05) is 17.7 Å². The predicted molar refractivity (Wildman–Crippen MR) is 133 cm³/mol. The molecule has 1 unspecified atom stereocenters. The number of anilines is 1. The number of halogens is 1. The lowest BCUT2D eigenvalue weighted by atomic mass is 10.1. The van der Waals surface area contributed by atoms with E-state index in [1.165, 1.54) is 23.1 Å². The number of carbonyl (C=O) groups excluding carboxylic acids is 2. The summed E-state index contributed by atoms with van der Waals surface area (Å²) in [5.74, 6) is 0.791. The van der Waals surface area contributed by atoms with Crippen LogP contribution in [0.5, 0.6) is 5.75 Å². The maximum atomic E-state index is 12.7. The molecule has 1 amide bonds. The first-order chi connectivity index (χ1) is 16.4. The van der Waals surface area contributed by atoms with Crippen molar-refractivity contribution in [3.8, 4) is 5.75 Å². The van der Waals surface area contributed by atoms with Crippen molar-refractivity contribution in [1.29, 1.82) is 0 Å². The smallest absolute Gasteiger partial charge is 0.341 e. The molecule has 3 aromatic rings. The van der Waals surface area contributed by atoms with Gasteiger partial charge in [0.1, 0.15) is 10.8 Å². The Bertz CT molecular complexity index is 1210. The lowest BCUT2D eigenvalue weighted by molar-refractivity contribution is -0.113. The normalized spacial score (nSPS) is 13.4. The first-order valence-corrected chi connectivity index (χ1v) is 13.1. The van der Waals surface area contributed by atoms with Crippen LogP contribution in [0.15, 0.2) is 29.4 Å². The summed E-state index contributed by atoms with van der Waals surface area (Å²) in [6.07, 6.45) is 2.42. The average molecular weight is 521 g/mol. The van der Waals surface area contributed by atoms with Gasteiger partial charge in [-0.25, -0.2) is 4.79 Å². The van der Waals surface area contributed by atoms with Gasteiger partial charge in [-0.3, -0.25) is 4.79 Å². The summed E-state index contributed by atoms with van der Waals surface area (Å²) < 4.78 is 13.0. The largest absolute Gasteiger partial charge is 0.483 e. The van der Waals surface area contributed by atoms with Crippen LogP contribution in [0.25, 0.3) is 0 Å². The quantitative estimate of drug-likeness (QED) is 0.311. The van der Waals surface area contributed by atoms with Gasteiger partial charge in [-0.15, -0.1) is 21.5 Å². The molecule has 4 rings (SSSR count). The number of thioether (sulfide) groups is 1. The Kier molecular flexibility index (Phi) is 7.80. The number of benzene rings is 1. The maximum Gasteiger partial charge on any atom is 0.341 e. The molecular weight excluding hydrogens is 496 g/mol. The van der Waals surface area contributed by atoms with Crippen molar-refractivity contribution in [3.63, 3.8) is 0 Å². The second-order valence-corrected chi connectivity index (χ2v) is 10.2. The van der Waals surface area contributed by atoms with E-state index in [4.69, 9.17) is 21.1 Å². The van der Waals surface area contributed by atoms with E-state index in [2.05, 4.69) is 15.5 Å². The Labute approximate surface area is 211 Å². The third kappa shape index (κ3) is 5.39. The van der Waals surface area contributed by atoms with Gasteiger partial charge in [-0.2, -0.15) is 0 Å². The zero-order chi connectivity index (χ0) is 24.2. The molecule has 1 aliphatic rings. The van der Waals surface area contributed by atoms with Crippen LogP contribution in [0.2, 0.25) is 5.02 Å². The molecule has 2 heterocycles. The predicted octanol–water partition coefficient (Wildman–Crippen LogP) is 5.07. The standard InChI is InChI=1S/C23H25ClN4O4S2/c1-4-31-22(30)19-16-9-6-10-17(16)34-21(19)25-18(29)12-33-23-27-26-20(28(23)3)13(2)32-15-8-5-7-14(24)11-15/h5,7-8,11,13H,4,6,9-10,12H2,1-3H3,(H,25,29). The molecule has 180 valence electrons. The molecule has 0 bridgehead atoms. The summed E-state index contributed by atoms with van der Waals surface area (Å²) in [6.45, 7) is 3.94. The number of esters is 1. The van der Waals surface area contributed by atoms with Crippen LogP contribution in [0.1, 0.15) is 53.0 Å². The van der Waals surface area contributed by atoms with Crippen molar-refractivity contribution in [1.82, 2.24) is 14.8 Å². The van der Waals surface area contributed by atoms with Crippen LogP contribution < -0.4 is 10.1 Å². The number of amides is 1. The Balaban J connectivity index is 1.39. The molecule has 1 aliphatic carbocycles. The van der Waals surface area contributed by atoms with E-state index < -0.39 is 0 Å². The van der Waals surface area contributed by atoms with E-state index in [0.29, 0.717) is 38.9 Å². The van der Waals surface area contributed by atoms with E-state index in [9.17, 15) is 9.59 Å². The van der Waals surface area contributed by atoms with Crippen LogP contribution in [0.4, 0.5) is 5.00 Å². The molecule has 34 heavy (non-hydrogen) atoms. The number of aromatic nitrogens is 3. The molecule has 8 nitrogen and oxygen atoms in total. The number of nitrogens with zero attached hydrogens (tertiary/aromatic N) is 3. The summed E-state index contributed by atoms with van der Waals surface area (Å²) in [7, 11) is 1.83. The molecule has 0 fully saturated rings. The molecule has 11 heteroatoms. The van der Waals surface area contributed by atoms with Crippen molar-refractivity contribution in [2.24, 2.45) is 7.05 Å². The Morgan fingerprint density at radius 1 is 1.32 bits per heavy atom. The fraction of sp³-hybridized carbons (Fsp3) is 0.391. The monoisotopic (exact) mass is 520 g/mol. The van der Waals surface area contributed by atoms with Crippen LogP contribution in [0, 0.1) is 0 Å². The molecule has 0 radical (unpaired) electrons. The molecule has 0 spiro atoms. The lowest BCUT2D eigenvalue weighted by Crippen LogP contribution is -2.17. The summed E-state index contributed by atoms with van der Waals surface area (Å²) in [4.78, 5) is 26.3. The zero-order valence-corrected chi connectivity index (χ0v) is 21.5. The highest BCUT2D eigenvalue weighted by Gasteiger charge is 2.28. The maximum absolute atomic E-state index is 12.7. The number of hydrogen-bond donors (Lipinski definition) is 1. The Hall–Kier alpha value is -2.56. The molecule has 1 aromatic carbocycles. The molecule has 0 saturated carbocycles. The second kappa shape index (κ2) is 10.8. The van der Waals surface area contributed by atoms with E-state index in [-0.39, 0.29) is 23.7 Å². The number of hydrogen-bond acceptors (Lipinski definition) is 8. The summed E-state index contributed by atoms with van der Waals surface area (Å²) in [5.41, 5.74) is 1.52. The third-order valence-corrected chi connectivity index (χ3v) is 7.79. The topological polar surface area (TPSA) is 95.3 Å². The third-order valence-electron chi connectivity index (χ3n) is 5.33. The van der Waals surface area contributed by atoms with Gasteiger partial charge in [-0.05, 0) is 56.9 Å². The molecule has 1 atom stereocenters. The van der Waals surface area contributed by atoms with Gasteiger partial charge < -0.3 is 19.4 Å². The number of fused-ring (bicyclic) bond motifs is 1. The number of aryl methyl sites for hydroxylation is 1. The molecular formula is C23H25ClN4O4S2. The number of rotatable bonds is 9. The number of nitrogens with one attached hydrogen (secondary N) is 1. The minimum absolute atomic E-state index is 0.125. The Morgan fingerprint density at radius 2 is 2.15 bits per heavy atom. The average Bonchev–Trinajstić information content (AvgIpc) is 3.47. The number of thiophene rings is 1. The van der Waals surface area contributed by atoms with E-state index >= 15 is 0 Å². The van der Waals surface area contributed by atoms with Crippen LogP contribution >= 0.6 is 34.7 Å². The van der Waals surface area contributed by atoms with E-state index in [1.54, 1.807) is 23.6 Å². The van der Waals surface area contributed by atoms with E-state index in [0.717, 1.165) is 29.7 Å². The molecule has 2 aromatic heterocycles. The summed E-state index contributed by atoms with van der Waals surface area (Å²) >= 11 is 8.75. The van der Waals surface area contributed by atoms with Gasteiger partial charge in [0, 0.05) is 16.9 Å². The van der Waals surface area contributed by atoms with Crippen molar-refractivity contribution < 1.29 is 19.1 Å². The minimum Gasteiger partial charge on any atom is -0.483 e. The van der Waals surface area contributed by atoms with E-state index in [1.807, 2.05) is 26.1 Å². The highest BCUT2D eigenvalue weighted by Crippen LogP contribution is 2.39. The van der Waals surface area contributed by atoms with Gasteiger partial charge in [0.15, 0.2) is 17.1 Å². The van der Waals surface area contributed by atoms with Gasteiger partial charge in [0.2, 0.25) is 5.91 Å². The van der Waals surface area contributed by atoms with Gasteiger partial charge in [0.05, 0.1) is 17.9 Å². The minimum atomic E-state index is -0.378. The van der Waals surface area contributed by atoms with Crippen molar-refractivity contribution in [2.45, 2.75) is 44.4 Å². The van der Waals surface area contributed by atoms with Crippen molar-refractivity contribution >= 4 is 51.6 Å². The fourth-order valence-electron chi connectivity index (χ4n) is 3.81. The lowest BCUT2D eigenvalue weighted by Gasteiger charge is -2.14. The highest BCUT2D eigenvalue weighted by atomic mass is 35.5. The fourth-order valence-corrected chi connectivity index (χ4v) is 6.00. The first kappa shape index (κ1) is 24.6. The van der Waals surface area contributed by atoms with Crippen molar-refractivity contribution in [3.05, 3.63) is 51.1 Å². The first-order valence-electron chi connectivity index (χ1n) is 10.9. The molecule has 0 aliphatic heterocycles. The van der Waals surface area contributed by atoms with Crippen LogP contribution in [-0.2, 0) is 29.4 Å². The summed E-state index contributed by atoms with van der Waals surface area (Å²) in [5, 5.41) is 13.1. The molecule has 1 N–H and O–H groups in total. The Morgan fingerprint density at radius 3 is 2.91 bits per heavy atom. The van der Waals surface area contributed by atoms with Gasteiger partial charge in [0.25, 0.3) is 0 Å². The van der Waals surface area contributed by atoms with Gasteiger partial charge in [-0.1, -0.05) is 29.4 Å². The number of ether oxygens (including phenoxy) is 2. The van der Waals surface area contributed by atoms with Crippen LogP contribution in [-0.4, -0.2) is 39.0 Å². The SMILES string of the molecule is CCOC(=O)c1c(NC(=O)CSc2nnc(C(C)Oc3cccc(Cl)c3)n2C)sc2c1CCC2. The zero-order valence-electron chi connectivity index (χ0n) is 19.1. The molecule has 0 saturated heterocycles. The van der Waals surface area contributed by atoms with Crippen LogP contribution in [0.3, 0.4) is 0 Å². The summed E-state index contributed by atoms with van der Waals surface area (Å²) in [6, 6.07) is 7.15. The number of carbonyl (C=O) groups is 2. The second-order valence-electron chi connectivity index (χ2n) is 7.74. The van der Waals surface area contributed by atoms with Gasteiger partial charge >= 0.3 is 5.97 Å².